The highest BCUT2D eigenvalue weighted by Gasteiger charge is 2.44. The highest BCUT2D eigenvalue weighted by molar-refractivity contribution is 6.01. The summed E-state index contributed by atoms with van der Waals surface area (Å²) in [6.45, 7) is 5.66. The average molecular weight is 455 g/mol. The molecule has 33 heavy (non-hydrogen) atoms. The second-order valence-corrected chi connectivity index (χ2v) is 8.90. The fourth-order valence-corrected chi connectivity index (χ4v) is 5.37. The van der Waals surface area contributed by atoms with Crippen LogP contribution in [0.25, 0.3) is 0 Å². The molecule has 4 unspecified atom stereocenters. The maximum atomic E-state index is 13.7. The van der Waals surface area contributed by atoms with Gasteiger partial charge in [0.2, 0.25) is 5.91 Å². The zero-order valence-corrected chi connectivity index (χ0v) is 19.4. The molecule has 6 nitrogen and oxygen atoms in total. The summed E-state index contributed by atoms with van der Waals surface area (Å²) < 4.78 is 19.0. The summed E-state index contributed by atoms with van der Waals surface area (Å²) in [6, 6.07) is 13.3. The lowest BCUT2D eigenvalue weighted by Gasteiger charge is -2.42. The Morgan fingerprint density at radius 2 is 1.97 bits per heavy atom. The summed E-state index contributed by atoms with van der Waals surface area (Å²) in [6.07, 6.45) is 2.28. The van der Waals surface area contributed by atoms with Gasteiger partial charge in [0.1, 0.15) is 11.9 Å². The van der Waals surface area contributed by atoms with Crippen LogP contribution in [0.4, 0.5) is 4.39 Å². The molecule has 2 aromatic rings. The van der Waals surface area contributed by atoms with Gasteiger partial charge in [-0.15, -0.1) is 0 Å². The first-order chi connectivity index (χ1) is 16.0. The van der Waals surface area contributed by atoms with E-state index in [4.69, 9.17) is 4.74 Å². The first-order valence-corrected chi connectivity index (χ1v) is 11.8. The molecule has 2 aromatic carbocycles. The Morgan fingerprint density at radius 1 is 1.21 bits per heavy atom. The molecule has 4 rings (SSSR count). The fourth-order valence-electron chi connectivity index (χ4n) is 5.37. The van der Waals surface area contributed by atoms with Gasteiger partial charge in [-0.2, -0.15) is 0 Å². The summed E-state index contributed by atoms with van der Waals surface area (Å²) in [5.41, 5.74) is 1.99. The maximum absolute atomic E-state index is 13.7. The number of methoxy groups -OCH3 is 1. The molecule has 1 fully saturated rings. The van der Waals surface area contributed by atoms with Crippen LogP contribution in [-0.4, -0.2) is 62.7 Å². The van der Waals surface area contributed by atoms with Crippen LogP contribution < -0.4 is 10.2 Å². The molecular formula is C26H33FN3O3+. The number of ether oxygens (including phenoxy) is 1. The number of hydrogen-bond acceptors (Lipinski definition) is 3. The molecule has 2 N–H and O–H groups in total. The lowest BCUT2D eigenvalue weighted by Crippen LogP contribution is -3.14. The number of carbonyl (C=O) groups is 2. The second kappa shape index (κ2) is 10.4. The fraction of sp³-hybridized carbons (Fsp3) is 0.462. The minimum Gasteiger partial charge on any atom is -0.383 e. The van der Waals surface area contributed by atoms with Crippen LogP contribution >= 0.6 is 0 Å². The molecule has 0 spiro atoms. The van der Waals surface area contributed by atoms with Crippen molar-refractivity contribution in [2.45, 2.75) is 37.8 Å². The Balaban J connectivity index is 1.70. The number of hydrogen-bond donors (Lipinski definition) is 2. The van der Waals surface area contributed by atoms with Gasteiger partial charge in [0, 0.05) is 32.1 Å². The monoisotopic (exact) mass is 454 g/mol. The zero-order chi connectivity index (χ0) is 23.4. The Hall–Kier alpha value is -2.77. The largest absolute Gasteiger partial charge is 0.383 e. The molecular weight excluding hydrogens is 421 g/mol. The van der Waals surface area contributed by atoms with E-state index in [1.807, 2.05) is 18.2 Å². The number of rotatable bonds is 8. The van der Waals surface area contributed by atoms with Crippen molar-refractivity contribution in [3.05, 3.63) is 71.0 Å². The van der Waals surface area contributed by atoms with Crippen molar-refractivity contribution in [2.24, 2.45) is 0 Å². The van der Waals surface area contributed by atoms with E-state index >= 15 is 0 Å². The Labute approximate surface area is 194 Å². The average Bonchev–Trinajstić information content (AvgIpc) is 3.30. The van der Waals surface area contributed by atoms with Crippen LogP contribution in [0.2, 0.25) is 0 Å². The van der Waals surface area contributed by atoms with E-state index in [2.05, 4.69) is 12.2 Å². The van der Waals surface area contributed by atoms with E-state index in [0.717, 1.165) is 25.1 Å². The van der Waals surface area contributed by atoms with Crippen molar-refractivity contribution in [1.29, 1.82) is 0 Å². The quantitative estimate of drug-likeness (QED) is 0.641. The third kappa shape index (κ3) is 4.80. The van der Waals surface area contributed by atoms with Crippen molar-refractivity contribution < 1.29 is 23.6 Å². The standard InChI is InChI=1S/C26H32FN3O3/c1-3-29-14-6-7-20(29)17-28-25(31)23-21-8-4-5-9-22(21)26(32)30(15-16-33-2)24(23)18-10-12-19(27)13-11-18/h4-5,8-13,20,23-24H,3,6-7,14-17H2,1-2H3,(H,28,31)/p+1. The molecule has 0 saturated carbocycles. The number of amides is 2. The van der Waals surface area contributed by atoms with Crippen molar-refractivity contribution in [3.8, 4) is 0 Å². The van der Waals surface area contributed by atoms with Gasteiger partial charge in [0.05, 0.1) is 38.2 Å². The van der Waals surface area contributed by atoms with Crippen molar-refractivity contribution in [1.82, 2.24) is 10.2 Å². The van der Waals surface area contributed by atoms with Gasteiger partial charge in [0.25, 0.3) is 5.91 Å². The van der Waals surface area contributed by atoms with Gasteiger partial charge >= 0.3 is 0 Å². The second-order valence-electron chi connectivity index (χ2n) is 8.90. The van der Waals surface area contributed by atoms with Gasteiger partial charge in [0.15, 0.2) is 0 Å². The number of nitrogens with zero attached hydrogens (tertiary/aromatic N) is 1. The van der Waals surface area contributed by atoms with Crippen molar-refractivity contribution in [3.63, 3.8) is 0 Å². The lowest BCUT2D eigenvalue weighted by atomic mass is 9.79. The van der Waals surface area contributed by atoms with Crippen LogP contribution in [0.3, 0.4) is 0 Å². The number of halogens is 1. The minimum atomic E-state index is -0.590. The SMILES string of the molecule is CC[NH+]1CCCC1CNC(=O)C1c2ccccc2C(=O)N(CCOC)C1c1ccc(F)cc1. The zero-order valence-electron chi connectivity index (χ0n) is 19.4. The number of fused-ring (bicyclic) bond motifs is 1. The van der Waals surface area contributed by atoms with Gasteiger partial charge in [-0.3, -0.25) is 9.59 Å². The highest BCUT2D eigenvalue weighted by Crippen LogP contribution is 2.42. The molecule has 2 aliphatic heterocycles. The van der Waals surface area contributed by atoms with Crippen LogP contribution in [0.15, 0.2) is 48.5 Å². The minimum absolute atomic E-state index is 0.103. The third-order valence-electron chi connectivity index (χ3n) is 7.07. The number of quaternary nitrogens is 1. The Morgan fingerprint density at radius 3 is 2.70 bits per heavy atom. The number of nitrogens with one attached hydrogen (secondary N) is 2. The van der Waals surface area contributed by atoms with E-state index in [1.165, 1.54) is 23.5 Å². The van der Waals surface area contributed by atoms with E-state index in [0.29, 0.717) is 36.9 Å². The molecule has 7 heteroatoms. The van der Waals surface area contributed by atoms with Crippen LogP contribution in [0.1, 0.15) is 53.2 Å². The van der Waals surface area contributed by atoms with Gasteiger partial charge in [-0.1, -0.05) is 30.3 Å². The Kier molecular flexibility index (Phi) is 7.40. The van der Waals surface area contributed by atoms with Crippen molar-refractivity contribution >= 4 is 11.8 Å². The van der Waals surface area contributed by atoms with E-state index < -0.39 is 12.0 Å². The summed E-state index contributed by atoms with van der Waals surface area (Å²) in [7, 11) is 1.59. The molecule has 0 bridgehead atoms. The summed E-state index contributed by atoms with van der Waals surface area (Å²) >= 11 is 0. The normalized spacial score (nSPS) is 24.6. The summed E-state index contributed by atoms with van der Waals surface area (Å²) in [5.74, 6) is -1.19. The molecule has 0 radical (unpaired) electrons. The molecule has 1 saturated heterocycles. The number of carbonyl (C=O) groups excluding carboxylic acids is 2. The van der Waals surface area contributed by atoms with Crippen LogP contribution in [-0.2, 0) is 9.53 Å². The van der Waals surface area contributed by atoms with E-state index in [-0.39, 0.29) is 17.6 Å². The highest BCUT2D eigenvalue weighted by atomic mass is 19.1. The maximum Gasteiger partial charge on any atom is 0.254 e. The predicted octanol–water partition coefficient (Wildman–Crippen LogP) is 1.94. The molecule has 0 aliphatic carbocycles. The van der Waals surface area contributed by atoms with Crippen LogP contribution in [0.5, 0.6) is 0 Å². The smallest absolute Gasteiger partial charge is 0.254 e. The molecule has 0 aromatic heterocycles. The van der Waals surface area contributed by atoms with E-state index in [1.54, 1.807) is 30.2 Å². The van der Waals surface area contributed by atoms with Crippen molar-refractivity contribution in [2.75, 3.05) is 39.9 Å². The molecule has 2 heterocycles. The number of likely N-dealkylation sites (N-methyl/N-ethyl adjacent to an activating group) is 1. The molecule has 4 atom stereocenters. The van der Waals surface area contributed by atoms with Gasteiger partial charge in [-0.25, -0.2) is 4.39 Å². The lowest BCUT2D eigenvalue weighted by molar-refractivity contribution is -0.909. The third-order valence-corrected chi connectivity index (χ3v) is 7.07. The van der Waals surface area contributed by atoms with Gasteiger partial charge < -0.3 is 19.9 Å². The first-order valence-electron chi connectivity index (χ1n) is 11.8. The summed E-state index contributed by atoms with van der Waals surface area (Å²) in [4.78, 5) is 30.4. The first kappa shape index (κ1) is 23.4. The Bertz CT molecular complexity index is 981. The number of likely N-dealkylation sites (tertiary alicyclic amines) is 1. The number of benzene rings is 2. The molecule has 2 amide bonds. The van der Waals surface area contributed by atoms with Crippen LogP contribution in [0, 0.1) is 5.82 Å². The molecule has 176 valence electrons. The predicted molar refractivity (Wildman–Crippen MR) is 124 cm³/mol. The summed E-state index contributed by atoms with van der Waals surface area (Å²) in [5, 5.41) is 3.20. The topological polar surface area (TPSA) is 63.1 Å². The van der Waals surface area contributed by atoms with E-state index in [9.17, 15) is 14.0 Å². The molecule has 2 aliphatic rings. The van der Waals surface area contributed by atoms with Gasteiger partial charge in [-0.05, 0) is 36.2 Å².